The number of rotatable bonds is 8. The van der Waals surface area contributed by atoms with Crippen molar-refractivity contribution in [2.24, 2.45) is 0 Å². The van der Waals surface area contributed by atoms with Crippen LogP contribution < -0.4 is 9.80 Å². The second kappa shape index (κ2) is 20.4. The van der Waals surface area contributed by atoms with Crippen LogP contribution in [0, 0.1) is 0 Å². The predicted molar refractivity (Wildman–Crippen MR) is 390 cm³/mol. The summed E-state index contributed by atoms with van der Waals surface area (Å²) in [5.41, 5.74) is 26.3. The Balaban J connectivity index is 0.888. The van der Waals surface area contributed by atoms with E-state index in [1.54, 1.807) is 0 Å². The van der Waals surface area contributed by atoms with Gasteiger partial charge in [0.1, 0.15) is 11.2 Å². The first-order chi connectivity index (χ1) is 45.4. The first-order valence-electron chi connectivity index (χ1n) is 32.5. The second-order valence-electron chi connectivity index (χ2n) is 27.6. The first kappa shape index (κ1) is 54.7. The van der Waals surface area contributed by atoms with Gasteiger partial charge in [-0.2, -0.15) is 0 Å². The molecule has 0 bridgehead atoms. The fourth-order valence-electron chi connectivity index (χ4n) is 15.7. The van der Waals surface area contributed by atoms with Crippen molar-refractivity contribution >= 4 is 99.5 Å². The Morgan fingerprint density at radius 1 is 0.280 bits per heavy atom. The Kier molecular flexibility index (Phi) is 12.0. The van der Waals surface area contributed by atoms with Crippen LogP contribution in [0.4, 0.5) is 34.1 Å². The van der Waals surface area contributed by atoms with Gasteiger partial charge in [0.2, 0.25) is 0 Å². The lowest BCUT2D eigenvalue weighted by molar-refractivity contribution is 0.589. The first-order valence-corrected chi connectivity index (χ1v) is 32.5. The number of hydrogen-bond donors (Lipinski definition) is 0. The molecule has 0 amide bonds. The van der Waals surface area contributed by atoms with Crippen LogP contribution in [-0.2, 0) is 16.2 Å². The van der Waals surface area contributed by atoms with E-state index in [4.69, 9.17) is 8.83 Å². The zero-order valence-corrected chi connectivity index (χ0v) is 52.9. The molecule has 0 aliphatic heterocycles. The van der Waals surface area contributed by atoms with Crippen molar-refractivity contribution in [3.63, 3.8) is 0 Å². The van der Waals surface area contributed by atoms with E-state index in [2.05, 4.69) is 343 Å². The van der Waals surface area contributed by atoms with Gasteiger partial charge < -0.3 is 18.6 Å². The minimum Gasteiger partial charge on any atom is -0.454 e. The fourth-order valence-corrected chi connectivity index (χ4v) is 15.7. The second-order valence-corrected chi connectivity index (χ2v) is 27.6. The zero-order valence-electron chi connectivity index (χ0n) is 52.9. The summed E-state index contributed by atoms with van der Waals surface area (Å²) in [6, 6.07) is 108. The maximum Gasteiger partial charge on any atom is 0.159 e. The van der Waals surface area contributed by atoms with Crippen LogP contribution in [0.1, 0.15) is 74.9 Å². The molecule has 0 saturated heterocycles. The number of fused-ring (bicyclic) bond motifs is 20. The summed E-state index contributed by atoms with van der Waals surface area (Å²) >= 11 is 0. The highest BCUT2D eigenvalue weighted by atomic mass is 16.3. The molecule has 0 atom stereocenters. The highest BCUT2D eigenvalue weighted by Gasteiger charge is 2.54. The van der Waals surface area contributed by atoms with E-state index in [1.807, 2.05) is 0 Å². The molecule has 4 heteroatoms. The van der Waals surface area contributed by atoms with Gasteiger partial charge >= 0.3 is 0 Å². The molecule has 16 aromatic rings. The van der Waals surface area contributed by atoms with Gasteiger partial charge in [-0.1, -0.05) is 260 Å². The Bertz CT molecular complexity index is 5380. The minimum atomic E-state index is -0.711. The average molecular weight is 1200 g/mol. The number of hydrogen-bond acceptors (Lipinski definition) is 4. The normalized spacial score (nSPS) is 13.1. The quantitative estimate of drug-likeness (QED) is 0.152. The predicted octanol–water partition coefficient (Wildman–Crippen LogP) is 25.0. The van der Waals surface area contributed by atoms with Gasteiger partial charge in [-0.15, -0.1) is 0 Å². The molecule has 0 unspecified atom stereocenters. The van der Waals surface area contributed by atoms with Gasteiger partial charge in [-0.3, -0.25) is 0 Å². The number of anilines is 6. The van der Waals surface area contributed by atoms with Crippen molar-refractivity contribution in [3.8, 4) is 44.5 Å². The van der Waals surface area contributed by atoms with Gasteiger partial charge in [-0.05, 0) is 183 Å². The number of furan rings is 2. The van der Waals surface area contributed by atoms with Crippen LogP contribution in [-0.4, -0.2) is 0 Å². The average Bonchev–Trinajstić information content (AvgIpc) is 1.49. The van der Waals surface area contributed by atoms with Gasteiger partial charge in [0.25, 0.3) is 0 Å². The topological polar surface area (TPSA) is 32.8 Å². The third-order valence-electron chi connectivity index (χ3n) is 20.1. The SMILES string of the molecule is CC(C)(C)c1ccc2c(c1)-c1cc(C(C)(C)C)ccc1C21c2c(ccc3cc(N(c4cccc(-c5ccccc5)c4)c4cccc5c4oc4ccccc45)ccc23)-c2ccc3cc(N(c4cccc(-c5ccccc5)c4)c4cccc5c4oc4ccccc45)ccc3c21. The maximum atomic E-state index is 6.90. The van der Waals surface area contributed by atoms with E-state index in [0.29, 0.717) is 0 Å². The van der Waals surface area contributed by atoms with Crippen LogP contribution in [0.5, 0.6) is 0 Å². The van der Waals surface area contributed by atoms with E-state index in [1.165, 1.54) is 66.4 Å². The van der Waals surface area contributed by atoms with Crippen molar-refractivity contribution in [1.82, 2.24) is 0 Å². The molecule has 444 valence electrons. The molecule has 18 rings (SSSR count). The molecule has 2 heterocycles. The van der Waals surface area contributed by atoms with E-state index in [-0.39, 0.29) is 10.8 Å². The Labute approximate surface area is 541 Å². The smallest absolute Gasteiger partial charge is 0.159 e. The Morgan fingerprint density at radius 3 is 1.11 bits per heavy atom. The van der Waals surface area contributed by atoms with Crippen molar-refractivity contribution in [1.29, 1.82) is 0 Å². The number of nitrogens with zero attached hydrogens (tertiary/aromatic N) is 2. The molecular formula is C89H66N2O2. The van der Waals surface area contributed by atoms with Crippen LogP contribution >= 0.6 is 0 Å². The summed E-state index contributed by atoms with van der Waals surface area (Å²) in [6.45, 7) is 14.0. The van der Waals surface area contributed by atoms with E-state index in [0.717, 1.165) is 111 Å². The molecule has 4 nitrogen and oxygen atoms in total. The van der Waals surface area contributed by atoms with Crippen LogP contribution in [0.2, 0.25) is 0 Å². The molecule has 1 spiro atoms. The summed E-state index contributed by atoms with van der Waals surface area (Å²) < 4.78 is 13.8. The largest absolute Gasteiger partial charge is 0.454 e. The molecule has 0 radical (unpaired) electrons. The fraction of sp³-hybridized carbons (Fsp3) is 0.101. The van der Waals surface area contributed by atoms with Gasteiger partial charge in [-0.25, -0.2) is 0 Å². The monoisotopic (exact) mass is 1190 g/mol. The lowest BCUT2D eigenvalue weighted by atomic mass is 9.68. The van der Waals surface area contributed by atoms with Crippen LogP contribution in [0.15, 0.2) is 300 Å². The van der Waals surface area contributed by atoms with Gasteiger partial charge in [0.15, 0.2) is 11.2 Å². The zero-order chi connectivity index (χ0) is 62.5. The summed E-state index contributed by atoms with van der Waals surface area (Å²) in [5.74, 6) is 0. The highest BCUT2D eigenvalue weighted by Crippen LogP contribution is 2.66. The van der Waals surface area contributed by atoms with E-state index < -0.39 is 5.41 Å². The minimum absolute atomic E-state index is 0.0807. The highest BCUT2D eigenvalue weighted by molar-refractivity contribution is 6.14. The van der Waals surface area contributed by atoms with Gasteiger partial charge in [0.05, 0.1) is 16.8 Å². The molecule has 0 fully saturated rings. The molecular weight excluding hydrogens is 1130 g/mol. The molecule has 2 aliphatic carbocycles. The molecule has 2 aliphatic rings. The van der Waals surface area contributed by atoms with E-state index >= 15 is 0 Å². The third-order valence-corrected chi connectivity index (χ3v) is 20.1. The third kappa shape index (κ3) is 8.37. The lowest BCUT2D eigenvalue weighted by Gasteiger charge is -2.33. The Morgan fingerprint density at radius 2 is 0.667 bits per heavy atom. The number of benzene rings is 14. The Hall–Kier alpha value is -11.2. The summed E-state index contributed by atoms with van der Waals surface area (Å²) in [7, 11) is 0. The van der Waals surface area contributed by atoms with Crippen molar-refractivity contribution < 1.29 is 8.83 Å². The standard InChI is InChI=1S/C89H66N2O2/c1-87(2,3)61-39-47-77-75(53-61)76-54-62(88(4,5)6)40-48-78(76)89(77)83-67-45-41-65(90(63-27-17-25-57(49-63)55-21-9-7-10-22-55)79-33-19-31-73-69-29-13-15-35-81(69)92-85(73)79)51-59(67)37-43-71(83)72-44-38-60-52-66(42-46-68(60)84(72)89)91(64-28-18-26-58(50-64)56-23-11-8-12-24-56)80-34-20-32-74-70-30-14-16-36-82(70)93-86(74)80/h7-54H,1-6H3. The maximum absolute atomic E-state index is 6.90. The molecule has 2 aromatic heterocycles. The molecule has 93 heavy (non-hydrogen) atoms. The number of para-hydroxylation sites is 4. The van der Waals surface area contributed by atoms with Crippen LogP contribution in [0.3, 0.4) is 0 Å². The van der Waals surface area contributed by atoms with Crippen molar-refractivity contribution in [3.05, 3.63) is 325 Å². The van der Waals surface area contributed by atoms with Gasteiger partial charge in [0, 0.05) is 44.3 Å². The van der Waals surface area contributed by atoms with Crippen LogP contribution in [0.25, 0.3) is 110 Å². The molecule has 0 N–H and O–H groups in total. The van der Waals surface area contributed by atoms with E-state index in [9.17, 15) is 0 Å². The van der Waals surface area contributed by atoms with Crippen molar-refractivity contribution in [2.45, 2.75) is 57.8 Å². The molecule has 0 saturated carbocycles. The lowest BCUT2D eigenvalue weighted by Crippen LogP contribution is -2.27. The van der Waals surface area contributed by atoms with Crippen molar-refractivity contribution in [2.75, 3.05) is 9.80 Å². The summed E-state index contributed by atoms with van der Waals surface area (Å²) in [6.07, 6.45) is 0. The molecule has 14 aromatic carbocycles. The summed E-state index contributed by atoms with van der Waals surface area (Å²) in [5, 5.41) is 9.13. The summed E-state index contributed by atoms with van der Waals surface area (Å²) in [4.78, 5) is 4.80.